The van der Waals surface area contributed by atoms with Gasteiger partial charge in [0.05, 0.1) is 12.3 Å². The lowest BCUT2D eigenvalue weighted by molar-refractivity contribution is -0.133. The Bertz CT molecular complexity index is 689. The number of rotatable bonds is 8. The second kappa shape index (κ2) is 8.21. The molecule has 0 unspecified atom stereocenters. The number of nitrogens with one attached hydrogen (secondary N) is 2. The van der Waals surface area contributed by atoms with Crippen LogP contribution in [0.1, 0.15) is 40.5 Å². The summed E-state index contributed by atoms with van der Waals surface area (Å²) in [7, 11) is 0. The molecule has 26 heavy (non-hydrogen) atoms. The fraction of sp³-hybridized carbons (Fsp3) is 0.526. The molecule has 1 saturated heterocycles. The van der Waals surface area contributed by atoms with Gasteiger partial charge >= 0.3 is 6.03 Å². The summed E-state index contributed by atoms with van der Waals surface area (Å²) in [5.74, 6) is 0.149. The number of amides is 4. The van der Waals surface area contributed by atoms with Crippen LogP contribution in [0.15, 0.2) is 24.3 Å². The maximum Gasteiger partial charge on any atom is 0.325 e. The normalized spacial score (nSPS) is 19.7. The SMILES string of the molecule is CCOc1ccccc1NC(=O)CN1C(=O)N[C@@](C)(CCC(C)C)C1=O. The minimum absolute atomic E-state index is 0.331. The monoisotopic (exact) mass is 361 g/mol. The fourth-order valence-corrected chi connectivity index (χ4v) is 2.82. The van der Waals surface area contributed by atoms with Crippen LogP contribution in [0.5, 0.6) is 5.75 Å². The maximum absolute atomic E-state index is 12.6. The molecular weight excluding hydrogens is 334 g/mol. The van der Waals surface area contributed by atoms with Crippen LogP contribution in [0, 0.1) is 5.92 Å². The van der Waals surface area contributed by atoms with E-state index in [1.54, 1.807) is 31.2 Å². The number of hydrogen-bond acceptors (Lipinski definition) is 4. The predicted octanol–water partition coefficient (Wildman–Crippen LogP) is 2.77. The lowest BCUT2D eigenvalue weighted by Gasteiger charge is -2.22. The zero-order chi connectivity index (χ0) is 19.3. The number of para-hydroxylation sites is 2. The van der Waals surface area contributed by atoms with E-state index >= 15 is 0 Å². The number of urea groups is 1. The van der Waals surface area contributed by atoms with Gasteiger partial charge in [0.1, 0.15) is 17.8 Å². The zero-order valence-electron chi connectivity index (χ0n) is 15.8. The first-order chi connectivity index (χ1) is 12.3. The summed E-state index contributed by atoms with van der Waals surface area (Å²) in [6, 6.07) is 6.50. The molecule has 1 aliphatic heterocycles. The van der Waals surface area contributed by atoms with Gasteiger partial charge in [-0.2, -0.15) is 0 Å². The number of ether oxygens (including phenoxy) is 1. The first-order valence-corrected chi connectivity index (χ1v) is 8.92. The Kier molecular flexibility index (Phi) is 6.23. The van der Waals surface area contributed by atoms with E-state index in [0.29, 0.717) is 30.4 Å². The van der Waals surface area contributed by atoms with E-state index in [-0.39, 0.29) is 12.5 Å². The molecule has 1 atom stereocenters. The molecule has 2 N–H and O–H groups in total. The van der Waals surface area contributed by atoms with Crippen molar-refractivity contribution in [2.75, 3.05) is 18.5 Å². The molecule has 7 heteroatoms. The van der Waals surface area contributed by atoms with E-state index in [0.717, 1.165) is 11.3 Å². The standard InChI is InChI=1S/C19H27N3O4/c1-5-26-15-9-7-6-8-14(15)20-16(23)12-22-17(24)19(4,21-18(22)25)11-10-13(2)3/h6-9,13H,5,10-12H2,1-4H3,(H,20,23)(H,21,25)/t19-/m0/s1. The van der Waals surface area contributed by atoms with E-state index in [4.69, 9.17) is 4.74 Å². The highest BCUT2D eigenvalue weighted by Gasteiger charge is 2.47. The van der Waals surface area contributed by atoms with Gasteiger partial charge in [-0.3, -0.25) is 14.5 Å². The third kappa shape index (κ3) is 4.53. The molecule has 1 heterocycles. The van der Waals surface area contributed by atoms with Crippen molar-refractivity contribution in [1.82, 2.24) is 10.2 Å². The number of nitrogens with zero attached hydrogens (tertiary/aromatic N) is 1. The lowest BCUT2D eigenvalue weighted by Crippen LogP contribution is -2.44. The van der Waals surface area contributed by atoms with Crippen LogP contribution in [0.25, 0.3) is 0 Å². The second-order valence-electron chi connectivity index (χ2n) is 7.06. The molecule has 0 spiro atoms. The topological polar surface area (TPSA) is 87.7 Å². The zero-order valence-corrected chi connectivity index (χ0v) is 15.8. The van der Waals surface area contributed by atoms with Crippen LogP contribution >= 0.6 is 0 Å². The summed E-state index contributed by atoms with van der Waals surface area (Å²) in [4.78, 5) is 38.2. The van der Waals surface area contributed by atoms with Gasteiger partial charge in [-0.1, -0.05) is 26.0 Å². The molecule has 0 aromatic heterocycles. The van der Waals surface area contributed by atoms with Crippen LogP contribution in [-0.4, -0.2) is 41.4 Å². The largest absolute Gasteiger partial charge is 0.492 e. The van der Waals surface area contributed by atoms with E-state index in [1.807, 2.05) is 6.92 Å². The number of benzene rings is 1. The molecule has 1 aromatic rings. The van der Waals surface area contributed by atoms with Gasteiger partial charge in [-0.25, -0.2) is 4.79 Å². The van der Waals surface area contributed by atoms with E-state index < -0.39 is 17.5 Å². The van der Waals surface area contributed by atoms with Crippen molar-refractivity contribution < 1.29 is 19.1 Å². The number of hydrogen-bond donors (Lipinski definition) is 2. The quantitative estimate of drug-likeness (QED) is 0.697. The van der Waals surface area contributed by atoms with E-state index in [1.165, 1.54) is 0 Å². The Morgan fingerprint density at radius 2 is 2.00 bits per heavy atom. The van der Waals surface area contributed by atoms with Gasteiger partial charge in [0.2, 0.25) is 5.91 Å². The molecule has 0 aliphatic carbocycles. The van der Waals surface area contributed by atoms with Crippen molar-refractivity contribution in [2.24, 2.45) is 5.92 Å². The highest BCUT2D eigenvalue weighted by Crippen LogP contribution is 2.26. The van der Waals surface area contributed by atoms with Crippen LogP contribution < -0.4 is 15.4 Å². The van der Waals surface area contributed by atoms with Crippen molar-refractivity contribution in [1.29, 1.82) is 0 Å². The predicted molar refractivity (Wildman–Crippen MR) is 99.0 cm³/mol. The van der Waals surface area contributed by atoms with Crippen LogP contribution in [0.3, 0.4) is 0 Å². The molecule has 0 radical (unpaired) electrons. The lowest BCUT2D eigenvalue weighted by atomic mass is 9.92. The number of imide groups is 1. The highest BCUT2D eigenvalue weighted by atomic mass is 16.5. The smallest absolute Gasteiger partial charge is 0.325 e. The van der Waals surface area contributed by atoms with Crippen LogP contribution in [0.4, 0.5) is 10.5 Å². The number of carbonyl (C=O) groups excluding carboxylic acids is 3. The number of carbonyl (C=O) groups is 3. The minimum Gasteiger partial charge on any atom is -0.492 e. The Labute approximate surface area is 154 Å². The molecule has 2 rings (SSSR count). The molecule has 1 fully saturated rings. The van der Waals surface area contributed by atoms with Gasteiger partial charge in [-0.05, 0) is 44.7 Å². The van der Waals surface area contributed by atoms with Gasteiger partial charge in [0, 0.05) is 0 Å². The average Bonchev–Trinajstić information content (AvgIpc) is 2.79. The Hall–Kier alpha value is -2.57. The molecule has 4 amide bonds. The van der Waals surface area contributed by atoms with E-state index in [9.17, 15) is 14.4 Å². The maximum atomic E-state index is 12.6. The first kappa shape index (κ1) is 19.8. The molecule has 142 valence electrons. The molecule has 0 bridgehead atoms. The van der Waals surface area contributed by atoms with Crippen LogP contribution in [-0.2, 0) is 9.59 Å². The summed E-state index contributed by atoms with van der Waals surface area (Å²) < 4.78 is 5.46. The summed E-state index contributed by atoms with van der Waals surface area (Å²) >= 11 is 0. The first-order valence-electron chi connectivity index (χ1n) is 8.92. The van der Waals surface area contributed by atoms with Gasteiger partial charge < -0.3 is 15.4 Å². The van der Waals surface area contributed by atoms with Gasteiger partial charge in [0.15, 0.2) is 0 Å². The van der Waals surface area contributed by atoms with Crippen molar-refractivity contribution in [3.05, 3.63) is 24.3 Å². The summed E-state index contributed by atoms with van der Waals surface area (Å²) in [5, 5.41) is 5.42. The summed E-state index contributed by atoms with van der Waals surface area (Å²) in [6.07, 6.45) is 1.35. The molecule has 7 nitrogen and oxygen atoms in total. The van der Waals surface area contributed by atoms with Crippen LogP contribution in [0.2, 0.25) is 0 Å². The van der Waals surface area contributed by atoms with Crippen molar-refractivity contribution in [3.63, 3.8) is 0 Å². The average molecular weight is 361 g/mol. The summed E-state index contributed by atoms with van der Waals surface area (Å²) in [5.41, 5.74) is -0.445. The second-order valence-corrected chi connectivity index (χ2v) is 7.06. The van der Waals surface area contributed by atoms with Crippen molar-refractivity contribution in [2.45, 2.75) is 46.1 Å². The van der Waals surface area contributed by atoms with Gasteiger partial charge in [-0.15, -0.1) is 0 Å². The molecule has 0 saturated carbocycles. The Morgan fingerprint density at radius 1 is 1.31 bits per heavy atom. The van der Waals surface area contributed by atoms with Gasteiger partial charge in [0.25, 0.3) is 5.91 Å². The fourth-order valence-electron chi connectivity index (χ4n) is 2.82. The van der Waals surface area contributed by atoms with Crippen molar-refractivity contribution >= 4 is 23.5 Å². The molecular formula is C19H27N3O4. The van der Waals surface area contributed by atoms with E-state index in [2.05, 4.69) is 24.5 Å². The third-order valence-electron chi connectivity index (χ3n) is 4.33. The molecule has 1 aromatic carbocycles. The Morgan fingerprint density at radius 3 is 2.65 bits per heavy atom. The highest BCUT2D eigenvalue weighted by molar-refractivity contribution is 6.10. The van der Waals surface area contributed by atoms with Crippen molar-refractivity contribution in [3.8, 4) is 5.75 Å². The minimum atomic E-state index is -0.954. The third-order valence-corrected chi connectivity index (χ3v) is 4.33. The summed E-state index contributed by atoms with van der Waals surface area (Å²) in [6.45, 7) is 7.82. The number of anilines is 1. The molecule has 1 aliphatic rings. The Balaban J connectivity index is 2.03.